The highest BCUT2D eigenvalue weighted by molar-refractivity contribution is 7.99. The Kier molecular flexibility index (Phi) is 5.38. The van der Waals surface area contributed by atoms with Gasteiger partial charge in [0, 0.05) is 17.0 Å². The number of allylic oxidation sites excluding steroid dienone is 1. The zero-order chi connectivity index (χ0) is 20.5. The average molecular weight is 425 g/mol. The van der Waals surface area contributed by atoms with Crippen molar-refractivity contribution >= 4 is 33.3 Å². The summed E-state index contributed by atoms with van der Waals surface area (Å²) in [6, 6.07) is 9.68. The number of fused-ring (bicyclic) bond motifs is 1. The number of thioether (sulfide) groups is 1. The summed E-state index contributed by atoms with van der Waals surface area (Å²) < 4.78 is 7.14. The maximum absolute atomic E-state index is 13.1. The lowest BCUT2D eigenvalue weighted by Crippen LogP contribution is -2.22. The molecular weight excluding hydrogens is 404 g/mol. The molecule has 148 valence electrons. The number of thiophene rings is 1. The van der Waals surface area contributed by atoms with Gasteiger partial charge in [0.15, 0.2) is 5.16 Å². The minimum absolute atomic E-state index is 0.0399. The Labute approximate surface area is 176 Å². The lowest BCUT2D eigenvalue weighted by Gasteiger charge is -2.12. The molecule has 4 aromatic rings. The van der Waals surface area contributed by atoms with Gasteiger partial charge in [0.05, 0.1) is 10.6 Å². The van der Waals surface area contributed by atoms with Crippen molar-refractivity contribution in [1.29, 1.82) is 0 Å². The van der Waals surface area contributed by atoms with Gasteiger partial charge in [0.1, 0.15) is 4.83 Å². The second-order valence-electron chi connectivity index (χ2n) is 6.64. The summed E-state index contributed by atoms with van der Waals surface area (Å²) in [5.74, 6) is 1.04. The van der Waals surface area contributed by atoms with Crippen molar-refractivity contribution in [3.05, 3.63) is 69.7 Å². The number of hydrogen-bond acceptors (Lipinski definition) is 7. The van der Waals surface area contributed by atoms with Crippen LogP contribution in [0.4, 0.5) is 0 Å². The zero-order valence-corrected chi connectivity index (χ0v) is 18.0. The highest BCUT2D eigenvalue weighted by Gasteiger charge is 2.22. The monoisotopic (exact) mass is 424 g/mol. The van der Waals surface area contributed by atoms with Gasteiger partial charge < -0.3 is 4.52 Å². The van der Waals surface area contributed by atoms with E-state index in [0.717, 1.165) is 20.8 Å². The van der Waals surface area contributed by atoms with Crippen LogP contribution in [-0.4, -0.2) is 19.7 Å². The van der Waals surface area contributed by atoms with Crippen LogP contribution in [0.25, 0.3) is 21.6 Å². The topological polar surface area (TPSA) is 73.8 Å². The van der Waals surface area contributed by atoms with Crippen LogP contribution in [-0.2, 0) is 6.54 Å². The molecule has 0 spiro atoms. The number of rotatable bonds is 6. The van der Waals surface area contributed by atoms with Gasteiger partial charge in [0.2, 0.25) is 11.7 Å². The van der Waals surface area contributed by atoms with E-state index in [1.807, 2.05) is 51.1 Å². The molecule has 0 saturated carbocycles. The first kappa shape index (κ1) is 19.6. The highest BCUT2D eigenvalue weighted by atomic mass is 32.2. The lowest BCUT2D eigenvalue weighted by atomic mass is 10.2. The molecule has 1 unspecified atom stereocenters. The van der Waals surface area contributed by atoms with Crippen molar-refractivity contribution in [1.82, 2.24) is 19.7 Å². The van der Waals surface area contributed by atoms with Crippen molar-refractivity contribution in [2.75, 3.05) is 0 Å². The fraction of sp³-hybridized carbons (Fsp3) is 0.238. The van der Waals surface area contributed by atoms with Crippen LogP contribution < -0.4 is 5.56 Å². The Morgan fingerprint density at radius 3 is 2.76 bits per heavy atom. The van der Waals surface area contributed by atoms with E-state index in [2.05, 4.69) is 16.7 Å². The normalized spacial score (nSPS) is 12.4. The summed E-state index contributed by atoms with van der Waals surface area (Å²) in [5, 5.41) is 5.23. The van der Waals surface area contributed by atoms with Crippen molar-refractivity contribution in [3.8, 4) is 11.4 Å². The first-order valence-corrected chi connectivity index (χ1v) is 10.9. The van der Waals surface area contributed by atoms with E-state index < -0.39 is 0 Å². The van der Waals surface area contributed by atoms with Gasteiger partial charge in [-0.15, -0.1) is 17.9 Å². The molecule has 3 heterocycles. The van der Waals surface area contributed by atoms with Gasteiger partial charge in [-0.2, -0.15) is 4.98 Å². The Morgan fingerprint density at radius 1 is 1.28 bits per heavy atom. The van der Waals surface area contributed by atoms with Crippen LogP contribution >= 0.6 is 23.1 Å². The van der Waals surface area contributed by atoms with Crippen molar-refractivity contribution in [2.45, 2.75) is 37.7 Å². The van der Waals surface area contributed by atoms with E-state index in [0.29, 0.717) is 28.8 Å². The Morgan fingerprint density at radius 2 is 2.03 bits per heavy atom. The summed E-state index contributed by atoms with van der Waals surface area (Å²) >= 11 is 2.97. The molecule has 1 atom stereocenters. The molecule has 0 fully saturated rings. The molecule has 0 aliphatic rings. The summed E-state index contributed by atoms with van der Waals surface area (Å²) in [5.41, 5.74) is 1.85. The molecule has 0 radical (unpaired) electrons. The van der Waals surface area contributed by atoms with E-state index in [9.17, 15) is 4.79 Å². The predicted octanol–water partition coefficient (Wildman–Crippen LogP) is 5.16. The van der Waals surface area contributed by atoms with Gasteiger partial charge in [-0.1, -0.05) is 53.3 Å². The van der Waals surface area contributed by atoms with Crippen molar-refractivity contribution in [2.24, 2.45) is 0 Å². The van der Waals surface area contributed by atoms with E-state index >= 15 is 0 Å². The van der Waals surface area contributed by atoms with E-state index in [-0.39, 0.29) is 10.8 Å². The van der Waals surface area contributed by atoms with Gasteiger partial charge in [-0.3, -0.25) is 9.36 Å². The van der Waals surface area contributed by atoms with Crippen LogP contribution in [0.2, 0.25) is 0 Å². The van der Waals surface area contributed by atoms with Crippen LogP contribution in [0.15, 0.2) is 57.5 Å². The third-order valence-corrected chi connectivity index (χ3v) is 6.85. The predicted molar refractivity (Wildman–Crippen MR) is 118 cm³/mol. The molecule has 29 heavy (non-hydrogen) atoms. The molecule has 3 aromatic heterocycles. The minimum Gasteiger partial charge on any atom is -0.338 e. The summed E-state index contributed by atoms with van der Waals surface area (Å²) in [7, 11) is 0. The summed E-state index contributed by atoms with van der Waals surface area (Å²) in [4.78, 5) is 24.3. The maximum atomic E-state index is 13.1. The quantitative estimate of drug-likeness (QED) is 0.242. The number of benzene rings is 1. The SMILES string of the molecule is C=CCn1c(SC(C)c2nc(-c3ccccc3)no2)nc2sc(C)c(C)c2c1=O. The molecule has 0 aliphatic heterocycles. The minimum atomic E-state index is -0.164. The van der Waals surface area contributed by atoms with E-state index in [1.165, 1.54) is 11.8 Å². The van der Waals surface area contributed by atoms with Gasteiger partial charge in [0.25, 0.3) is 5.56 Å². The molecule has 0 N–H and O–H groups in total. The Hall–Kier alpha value is -2.71. The number of nitrogens with zero attached hydrogens (tertiary/aromatic N) is 4. The van der Waals surface area contributed by atoms with Crippen LogP contribution in [0.5, 0.6) is 0 Å². The number of aromatic nitrogens is 4. The molecule has 4 rings (SSSR count). The van der Waals surface area contributed by atoms with Gasteiger partial charge >= 0.3 is 0 Å². The Bertz CT molecular complexity index is 1240. The van der Waals surface area contributed by atoms with E-state index in [4.69, 9.17) is 9.51 Å². The number of aryl methyl sites for hydroxylation is 2. The highest BCUT2D eigenvalue weighted by Crippen LogP contribution is 2.35. The van der Waals surface area contributed by atoms with Crippen molar-refractivity contribution < 1.29 is 4.52 Å². The molecule has 0 aliphatic carbocycles. The molecule has 6 nitrogen and oxygen atoms in total. The van der Waals surface area contributed by atoms with Crippen LogP contribution in [0.1, 0.15) is 28.5 Å². The van der Waals surface area contributed by atoms with Crippen LogP contribution in [0.3, 0.4) is 0 Å². The van der Waals surface area contributed by atoms with Gasteiger partial charge in [-0.25, -0.2) is 4.98 Å². The average Bonchev–Trinajstić information content (AvgIpc) is 3.31. The first-order valence-electron chi connectivity index (χ1n) is 9.16. The smallest absolute Gasteiger partial charge is 0.263 e. The maximum Gasteiger partial charge on any atom is 0.263 e. The molecule has 0 bridgehead atoms. The second-order valence-corrected chi connectivity index (χ2v) is 9.16. The van der Waals surface area contributed by atoms with Crippen LogP contribution in [0, 0.1) is 13.8 Å². The fourth-order valence-electron chi connectivity index (χ4n) is 3.00. The molecule has 0 amide bonds. The lowest BCUT2D eigenvalue weighted by molar-refractivity contribution is 0.380. The van der Waals surface area contributed by atoms with E-state index in [1.54, 1.807) is 22.0 Å². The standard InChI is InChI=1S/C21H20N4O2S2/c1-5-11-25-20(26)16-12(2)13(3)28-19(16)23-21(25)29-14(4)18-22-17(24-27-18)15-9-7-6-8-10-15/h5-10,14H,1,11H2,2-4H3. The molecular formula is C21H20N4O2S2. The zero-order valence-electron chi connectivity index (χ0n) is 16.4. The fourth-order valence-corrected chi connectivity index (χ4v) is 5.02. The summed E-state index contributed by atoms with van der Waals surface area (Å²) in [6.45, 7) is 10.1. The molecule has 8 heteroatoms. The molecule has 1 aromatic carbocycles. The Balaban J connectivity index is 1.70. The first-order chi connectivity index (χ1) is 14.0. The third kappa shape index (κ3) is 3.65. The second kappa shape index (κ2) is 7.96. The summed E-state index contributed by atoms with van der Waals surface area (Å²) in [6.07, 6.45) is 1.71. The third-order valence-electron chi connectivity index (χ3n) is 4.67. The molecule has 0 saturated heterocycles. The van der Waals surface area contributed by atoms with Crippen molar-refractivity contribution in [3.63, 3.8) is 0 Å². The number of hydrogen-bond donors (Lipinski definition) is 0. The van der Waals surface area contributed by atoms with Gasteiger partial charge in [-0.05, 0) is 26.3 Å². The largest absolute Gasteiger partial charge is 0.338 e.